The minimum absolute atomic E-state index is 0.276. The Kier molecular flexibility index (Phi) is 4.67. The van der Waals surface area contributed by atoms with Gasteiger partial charge in [-0.1, -0.05) is 30.3 Å². The van der Waals surface area contributed by atoms with Gasteiger partial charge in [0.2, 0.25) is 6.10 Å². The van der Waals surface area contributed by atoms with Crippen LogP contribution in [-0.4, -0.2) is 13.1 Å². The Morgan fingerprint density at radius 3 is 2.52 bits per heavy atom. The molecule has 0 unspecified atom stereocenters. The summed E-state index contributed by atoms with van der Waals surface area (Å²) in [6.07, 6.45) is 2.85. The van der Waals surface area contributed by atoms with Crippen LogP contribution >= 0.6 is 0 Å². The standard InChI is InChI=1S/C22H20O5/c1-25-22(24)20(14-7-3-2-4-8-14)26-15-11-12-17-16-9-5-6-10-18(16)21(23)27-19(17)13-15/h2-4,7-8,11-13,20H,5-6,9-10H2,1H3/t20-/m1/s1. The van der Waals surface area contributed by atoms with E-state index in [1.54, 1.807) is 24.3 Å². The Morgan fingerprint density at radius 1 is 1.04 bits per heavy atom. The molecule has 0 radical (unpaired) electrons. The fraction of sp³-hybridized carbons (Fsp3) is 0.273. The molecule has 1 aliphatic carbocycles. The normalized spacial score (nSPS) is 14.4. The first-order valence-corrected chi connectivity index (χ1v) is 9.05. The summed E-state index contributed by atoms with van der Waals surface area (Å²) in [5, 5.41) is 0.936. The summed E-state index contributed by atoms with van der Waals surface area (Å²) in [4.78, 5) is 24.5. The second-order valence-electron chi connectivity index (χ2n) is 6.64. The maximum absolute atomic E-state index is 12.3. The number of esters is 1. The molecule has 27 heavy (non-hydrogen) atoms. The van der Waals surface area contributed by atoms with Crippen molar-refractivity contribution in [2.75, 3.05) is 7.11 Å². The molecule has 0 saturated carbocycles. The maximum atomic E-state index is 12.3. The average molecular weight is 364 g/mol. The maximum Gasteiger partial charge on any atom is 0.351 e. The molecular weight excluding hydrogens is 344 g/mol. The van der Waals surface area contributed by atoms with Crippen LogP contribution in [0, 0.1) is 0 Å². The van der Waals surface area contributed by atoms with Crippen molar-refractivity contribution in [2.24, 2.45) is 0 Å². The third-order valence-electron chi connectivity index (χ3n) is 4.97. The van der Waals surface area contributed by atoms with Crippen LogP contribution in [0.1, 0.15) is 35.6 Å². The smallest absolute Gasteiger partial charge is 0.351 e. The summed E-state index contributed by atoms with van der Waals surface area (Å²) in [5.74, 6) is -0.0474. The van der Waals surface area contributed by atoms with Gasteiger partial charge in [-0.2, -0.15) is 0 Å². The lowest BCUT2D eigenvalue weighted by atomic mass is 9.91. The van der Waals surface area contributed by atoms with E-state index in [1.807, 2.05) is 24.3 Å². The molecule has 1 heterocycles. The number of rotatable bonds is 4. The monoisotopic (exact) mass is 364 g/mol. The summed E-state index contributed by atoms with van der Waals surface area (Å²) in [6, 6.07) is 14.5. The fourth-order valence-electron chi connectivity index (χ4n) is 3.62. The SMILES string of the molecule is COC(=O)[C@H](Oc1ccc2c3c(c(=O)oc2c1)CCCC3)c1ccccc1. The molecule has 0 saturated heterocycles. The average Bonchev–Trinajstić information content (AvgIpc) is 2.72. The summed E-state index contributed by atoms with van der Waals surface area (Å²) in [5.41, 5.74) is 2.76. The first-order chi connectivity index (χ1) is 13.2. The molecule has 1 aliphatic rings. The number of methoxy groups -OCH3 is 1. The van der Waals surface area contributed by atoms with E-state index in [0.29, 0.717) is 16.9 Å². The predicted octanol–water partition coefficient (Wildman–Crippen LogP) is 3.96. The molecule has 0 spiro atoms. The molecule has 0 aliphatic heterocycles. The van der Waals surface area contributed by atoms with Crippen LogP contribution in [0.25, 0.3) is 11.0 Å². The van der Waals surface area contributed by atoms with Gasteiger partial charge in [0.1, 0.15) is 11.3 Å². The first kappa shape index (κ1) is 17.3. The highest BCUT2D eigenvalue weighted by atomic mass is 16.6. The van der Waals surface area contributed by atoms with Gasteiger partial charge in [-0.3, -0.25) is 0 Å². The predicted molar refractivity (Wildman–Crippen MR) is 101 cm³/mol. The largest absolute Gasteiger partial charge is 0.474 e. The minimum atomic E-state index is -0.891. The van der Waals surface area contributed by atoms with Gasteiger partial charge in [0.15, 0.2) is 0 Å². The van der Waals surface area contributed by atoms with E-state index in [9.17, 15) is 9.59 Å². The number of carbonyl (C=O) groups is 1. The zero-order valence-electron chi connectivity index (χ0n) is 15.1. The quantitative estimate of drug-likeness (QED) is 0.518. The number of hydrogen-bond donors (Lipinski definition) is 0. The topological polar surface area (TPSA) is 65.7 Å². The number of hydrogen-bond acceptors (Lipinski definition) is 5. The van der Waals surface area contributed by atoms with E-state index in [4.69, 9.17) is 13.9 Å². The summed E-state index contributed by atoms with van der Waals surface area (Å²) < 4.78 is 16.3. The van der Waals surface area contributed by atoms with Crippen molar-refractivity contribution in [3.8, 4) is 5.75 Å². The number of benzene rings is 2. The molecular formula is C22H20O5. The van der Waals surface area contributed by atoms with Gasteiger partial charge in [-0.05, 0) is 43.4 Å². The van der Waals surface area contributed by atoms with E-state index < -0.39 is 12.1 Å². The van der Waals surface area contributed by atoms with Crippen molar-refractivity contribution in [2.45, 2.75) is 31.8 Å². The van der Waals surface area contributed by atoms with Crippen LogP contribution in [0.15, 0.2) is 57.7 Å². The number of fused-ring (bicyclic) bond motifs is 3. The Balaban J connectivity index is 1.73. The number of ether oxygens (including phenoxy) is 2. The molecule has 2 aromatic carbocycles. The lowest BCUT2D eigenvalue weighted by Gasteiger charge is -2.19. The van der Waals surface area contributed by atoms with Crippen LogP contribution < -0.4 is 10.4 Å². The summed E-state index contributed by atoms with van der Waals surface area (Å²) in [6.45, 7) is 0. The van der Waals surface area contributed by atoms with E-state index >= 15 is 0 Å². The van der Waals surface area contributed by atoms with Gasteiger partial charge < -0.3 is 13.9 Å². The van der Waals surface area contributed by atoms with E-state index in [2.05, 4.69) is 0 Å². The van der Waals surface area contributed by atoms with Crippen molar-refractivity contribution in [3.05, 3.63) is 75.6 Å². The highest BCUT2D eigenvalue weighted by molar-refractivity contribution is 5.83. The van der Waals surface area contributed by atoms with Gasteiger partial charge in [0.25, 0.3) is 0 Å². The third-order valence-corrected chi connectivity index (χ3v) is 4.97. The second kappa shape index (κ2) is 7.27. The lowest BCUT2D eigenvalue weighted by molar-refractivity contribution is -0.149. The van der Waals surface area contributed by atoms with E-state index in [1.165, 1.54) is 7.11 Å². The molecule has 1 atom stereocenters. The molecule has 4 rings (SSSR count). The first-order valence-electron chi connectivity index (χ1n) is 9.05. The summed E-state index contributed by atoms with van der Waals surface area (Å²) >= 11 is 0. The van der Waals surface area contributed by atoms with E-state index in [-0.39, 0.29) is 5.63 Å². The van der Waals surface area contributed by atoms with Crippen LogP contribution in [0.4, 0.5) is 0 Å². The molecule has 5 nitrogen and oxygen atoms in total. The molecule has 0 fully saturated rings. The zero-order chi connectivity index (χ0) is 18.8. The third kappa shape index (κ3) is 3.33. The van der Waals surface area contributed by atoms with Crippen molar-refractivity contribution >= 4 is 16.9 Å². The zero-order valence-corrected chi connectivity index (χ0v) is 15.1. The van der Waals surface area contributed by atoms with Crippen molar-refractivity contribution in [3.63, 3.8) is 0 Å². The second-order valence-corrected chi connectivity index (χ2v) is 6.64. The lowest BCUT2D eigenvalue weighted by Crippen LogP contribution is -2.20. The number of carbonyl (C=O) groups excluding carboxylic acids is 1. The fourth-order valence-corrected chi connectivity index (χ4v) is 3.62. The molecule has 1 aromatic heterocycles. The minimum Gasteiger partial charge on any atom is -0.474 e. The van der Waals surface area contributed by atoms with Gasteiger partial charge >= 0.3 is 11.6 Å². The molecule has 3 aromatic rings. The van der Waals surface area contributed by atoms with Gasteiger partial charge in [0, 0.05) is 22.6 Å². The van der Waals surface area contributed by atoms with Crippen LogP contribution in [0.3, 0.4) is 0 Å². The van der Waals surface area contributed by atoms with Crippen LogP contribution in [0.5, 0.6) is 5.75 Å². The molecule has 0 N–H and O–H groups in total. The van der Waals surface area contributed by atoms with Crippen molar-refractivity contribution in [1.29, 1.82) is 0 Å². The number of aryl methyl sites for hydroxylation is 1. The Bertz CT molecular complexity index is 1040. The molecule has 5 heteroatoms. The van der Waals surface area contributed by atoms with Crippen molar-refractivity contribution in [1.82, 2.24) is 0 Å². The van der Waals surface area contributed by atoms with Crippen LogP contribution in [0.2, 0.25) is 0 Å². The highest BCUT2D eigenvalue weighted by Crippen LogP contribution is 2.31. The van der Waals surface area contributed by atoms with Gasteiger partial charge in [0.05, 0.1) is 7.11 Å². The molecule has 0 bridgehead atoms. The summed E-state index contributed by atoms with van der Waals surface area (Å²) in [7, 11) is 1.33. The molecule has 0 amide bonds. The Labute approximate surface area is 156 Å². The van der Waals surface area contributed by atoms with Gasteiger partial charge in [-0.15, -0.1) is 0 Å². The van der Waals surface area contributed by atoms with Crippen molar-refractivity contribution < 1.29 is 18.7 Å². The Morgan fingerprint density at radius 2 is 1.78 bits per heavy atom. The highest BCUT2D eigenvalue weighted by Gasteiger charge is 2.24. The van der Waals surface area contributed by atoms with E-state index in [0.717, 1.165) is 42.2 Å². The van der Waals surface area contributed by atoms with Gasteiger partial charge in [-0.25, -0.2) is 9.59 Å². The molecule has 138 valence electrons. The van der Waals surface area contributed by atoms with Crippen LogP contribution in [-0.2, 0) is 22.4 Å². The Hall–Kier alpha value is -3.08.